The molecule has 5 rings (SSSR count). The van der Waals surface area contributed by atoms with Gasteiger partial charge in [0.2, 0.25) is 0 Å². The summed E-state index contributed by atoms with van der Waals surface area (Å²) in [6, 6.07) is 15.1. The molecule has 9 nitrogen and oxygen atoms in total. The number of benzene rings is 3. The SMILES string of the molecule is COc1ccc([C@H]2C(C(=O)Nc3ccccc3)=C(C)N=c3s/c(=C\c4cc(OC)c(O)c(Br)c4Br)c(=O)n32)c(OC)c1. The molecule has 1 aromatic heterocycles. The first-order valence-electron chi connectivity index (χ1n) is 12.5. The van der Waals surface area contributed by atoms with Crippen molar-refractivity contribution >= 4 is 60.9 Å². The fourth-order valence-electron chi connectivity index (χ4n) is 4.68. The van der Waals surface area contributed by atoms with Crippen LogP contribution in [0.3, 0.4) is 0 Å². The summed E-state index contributed by atoms with van der Waals surface area (Å²) >= 11 is 8.04. The number of aromatic hydroxyl groups is 1. The molecule has 0 spiro atoms. The third-order valence-corrected chi connectivity index (χ3v) is 9.86. The van der Waals surface area contributed by atoms with Gasteiger partial charge in [-0.1, -0.05) is 29.5 Å². The van der Waals surface area contributed by atoms with Crippen LogP contribution in [-0.2, 0) is 4.79 Å². The Morgan fingerprint density at radius 3 is 2.40 bits per heavy atom. The summed E-state index contributed by atoms with van der Waals surface area (Å²) in [6.07, 6.45) is 1.69. The van der Waals surface area contributed by atoms with Gasteiger partial charge in [-0.15, -0.1) is 0 Å². The first-order valence-corrected chi connectivity index (χ1v) is 14.9. The molecule has 216 valence electrons. The quantitative estimate of drug-likeness (QED) is 0.275. The molecule has 1 atom stereocenters. The standard InChI is InChI=1S/C30H25Br2N3O6S/c1-15-23(28(37)34-17-8-6-5-7-9-17)26(19-11-10-18(39-2)14-20(19)40-3)35-29(38)22(42-30(35)33-15)13-16-12-21(41-4)27(36)25(32)24(16)31/h5-14,26,36H,1-4H3,(H,34,37)/b22-13-/t26-/m0/s1. The minimum Gasteiger partial charge on any atom is -0.503 e. The summed E-state index contributed by atoms with van der Waals surface area (Å²) in [4.78, 5) is 33.1. The lowest BCUT2D eigenvalue weighted by molar-refractivity contribution is -0.113. The van der Waals surface area contributed by atoms with Crippen molar-refractivity contribution in [1.82, 2.24) is 4.57 Å². The van der Waals surface area contributed by atoms with Crippen LogP contribution in [0, 0.1) is 0 Å². The Balaban J connectivity index is 1.75. The molecule has 4 aromatic rings. The number of phenols is 1. The largest absolute Gasteiger partial charge is 0.503 e. The fraction of sp³-hybridized carbons (Fsp3) is 0.167. The van der Waals surface area contributed by atoms with E-state index in [0.717, 1.165) is 0 Å². The van der Waals surface area contributed by atoms with Gasteiger partial charge in [-0.2, -0.15) is 0 Å². The Labute approximate surface area is 261 Å². The number of amides is 1. The molecular formula is C30H25Br2N3O6S. The number of nitrogens with one attached hydrogen (secondary N) is 1. The number of hydrogen-bond donors (Lipinski definition) is 2. The van der Waals surface area contributed by atoms with Crippen LogP contribution in [0.25, 0.3) is 6.08 Å². The van der Waals surface area contributed by atoms with Crippen molar-refractivity contribution in [1.29, 1.82) is 0 Å². The van der Waals surface area contributed by atoms with E-state index in [1.54, 1.807) is 56.5 Å². The Morgan fingerprint density at radius 2 is 1.74 bits per heavy atom. The second-order valence-corrected chi connectivity index (χ2v) is 11.7. The zero-order valence-electron chi connectivity index (χ0n) is 22.9. The molecule has 0 fully saturated rings. The third kappa shape index (κ3) is 5.37. The van der Waals surface area contributed by atoms with Gasteiger partial charge in [0.15, 0.2) is 16.3 Å². The Hall–Kier alpha value is -3.87. The van der Waals surface area contributed by atoms with E-state index in [4.69, 9.17) is 19.2 Å². The average molecular weight is 715 g/mol. The van der Waals surface area contributed by atoms with Gasteiger partial charge in [0.25, 0.3) is 11.5 Å². The topological polar surface area (TPSA) is 111 Å². The number of fused-ring (bicyclic) bond motifs is 1. The highest BCUT2D eigenvalue weighted by Crippen LogP contribution is 2.42. The summed E-state index contributed by atoms with van der Waals surface area (Å²) in [5.41, 5.74) is 2.21. The summed E-state index contributed by atoms with van der Waals surface area (Å²) in [7, 11) is 4.52. The minimum absolute atomic E-state index is 0.0701. The van der Waals surface area contributed by atoms with E-state index < -0.39 is 11.9 Å². The van der Waals surface area contributed by atoms with Crippen molar-refractivity contribution < 1.29 is 24.1 Å². The van der Waals surface area contributed by atoms with E-state index in [1.165, 1.54) is 30.1 Å². The van der Waals surface area contributed by atoms with Gasteiger partial charge >= 0.3 is 0 Å². The molecular weight excluding hydrogens is 690 g/mol. The number of halogens is 2. The third-order valence-electron chi connectivity index (χ3n) is 6.71. The highest BCUT2D eigenvalue weighted by molar-refractivity contribution is 9.13. The first kappa shape index (κ1) is 29.6. The molecule has 12 heteroatoms. The number of allylic oxidation sites excluding steroid dienone is 1. The lowest BCUT2D eigenvalue weighted by Crippen LogP contribution is -2.40. The van der Waals surface area contributed by atoms with Crippen molar-refractivity contribution in [3.05, 3.63) is 106 Å². The number of para-hydroxylation sites is 1. The Kier molecular flexibility index (Phi) is 8.58. The van der Waals surface area contributed by atoms with Crippen LogP contribution in [0.1, 0.15) is 24.1 Å². The van der Waals surface area contributed by atoms with Gasteiger partial charge < -0.3 is 24.6 Å². The number of rotatable bonds is 7. The normalized spacial score (nSPS) is 14.7. The molecule has 2 N–H and O–H groups in total. The molecule has 0 saturated carbocycles. The van der Waals surface area contributed by atoms with Crippen molar-refractivity contribution in [2.24, 2.45) is 4.99 Å². The molecule has 42 heavy (non-hydrogen) atoms. The minimum atomic E-state index is -0.850. The number of aromatic nitrogens is 1. The predicted octanol–water partition coefficient (Wildman–Crippen LogP) is 5.13. The van der Waals surface area contributed by atoms with E-state index in [2.05, 4.69) is 37.2 Å². The highest BCUT2D eigenvalue weighted by Gasteiger charge is 2.34. The summed E-state index contributed by atoms with van der Waals surface area (Å²) in [6.45, 7) is 1.75. The monoisotopic (exact) mass is 713 g/mol. The predicted molar refractivity (Wildman–Crippen MR) is 168 cm³/mol. The number of methoxy groups -OCH3 is 3. The van der Waals surface area contributed by atoms with Gasteiger partial charge in [0.05, 0.1) is 41.6 Å². The number of hydrogen-bond acceptors (Lipinski definition) is 8. The van der Waals surface area contributed by atoms with E-state index in [0.29, 0.717) is 57.9 Å². The van der Waals surface area contributed by atoms with Crippen LogP contribution in [-0.4, -0.2) is 36.9 Å². The molecule has 0 radical (unpaired) electrons. The van der Waals surface area contributed by atoms with Crippen LogP contribution in [0.2, 0.25) is 0 Å². The number of carbonyl (C=O) groups excluding carboxylic acids is 1. The molecule has 1 amide bonds. The smallest absolute Gasteiger partial charge is 0.271 e. The van der Waals surface area contributed by atoms with E-state index >= 15 is 0 Å². The summed E-state index contributed by atoms with van der Waals surface area (Å²) in [5.74, 6) is 0.786. The van der Waals surface area contributed by atoms with Gasteiger partial charge in [-0.3, -0.25) is 14.2 Å². The number of ether oxygens (including phenoxy) is 3. The maximum Gasteiger partial charge on any atom is 0.271 e. The second kappa shape index (κ2) is 12.2. The van der Waals surface area contributed by atoms with Crippen LogP contribution >= 0.6 is 43.2 Å². The van der Waals surface area contributed by atoms with Gasteiger partial charge in [0.1, 0.15) is 17.5 Å². The van der Waals surface area contributed by atoms with E-state index in [1.807, 2.05) is 18.2 Å². The number of carbonyl (C=O) groups is 1. The van der Waals surface area contributed by atoms with Crippen LogP contribution < -0.4 is 34.4 Å². The van der Waals surface area contributed by atoms with Crippen LogP contribution in [0.15, 0.2) is 84.6 Å². The number of phenolic OH excluding ortho intramolecular Hbond substituents is 1. The maximum atomic E-state index is 14.1. The average Bonchev–Trinajstić information content (AvgIpc) is 3.30. The van der Waals surface area contributed by atoms with E-state index in [9.17, 15) is 14.7 Å². The van der Waals surface area contributed by atoms with Crippen molar-refractivity contribution in [2.45, 2.75) is 13.0 Å². The van der Waals surface area contributed by atoms with Crippen LogP contribution in [0.5, 0.6) is 23.0 Å². The van der Waals surface area contributed by atoms with Gasteiger partial charge in [-0.25, -0.2) is 4.99 Å². The highest BCUT2D eigenvalue weighted by atomic mass is 79.9. The lowest BCUT2D eigenvalue weighted by Gasteiger charge is -2.26. The number of anilines is 1. The van der Waals surface area contributed by atoms with Gasteiger partial charge in [0, 0.05) is 21.8 Å². The molecule has 0 unspecified atom stereocenters. The van der Waals surface area contributed by atoms with Crippen molar-refractivity contribution in [3.63, 3.8) is 0 Å². The summed E-state index contributed by atoms with van der Waals surface area (Å²) < 4.78 is 19.2. The number of thiazole rings is 1. The van der Waals surface area contributed by atoms with Gasteiger partial charge in [-0.05, 0) is 80.8 Å². The Morgan fingerprint density at radius 1 is 1.02 bits per heavy atom. The molecule has 0 bridgehead atoms. The molecule has 0 aliphatic carbocycles. The molecule has 3 aromatic carbocycles. The number of nitrogens with zero attached hydrogens (tertiary/aromatic N) is 2. The summed E-state index contributed by atoms with van der Waals surface area (Å²) in [5, 5.41) is 13.3. The zero-order valence-corrected chi connectivity index (χ0v) is 26.9. The Bertz CT molecular complexity index is 1920. The maximum absolute atomic E-state index is 14.1. The zero-order chi connectivity index (χ0) is 30.1. The van der Waals surface area contributed by atoms with Crippen molar-refractivity contribution in [3.8, 4) is 23.0 Å². The molecule has 1 aliphatic rings. The van der Waals surface area contributed by atoms with E-state index in [-0.39, 0.29) is 17.1 Å². The second-order valence-electron chi connectivity index (χ2n) is 9.15. The molecule has 1 aliphatic heterocycles. The lowest BCUT2D eigenvalue weighted by atomic mass is 9.94. The molecule has 2 heterocycles. The van der Waals surface area contributed by atoms with Crippen molar-refractivity contribution in [2.75, 3.05) is 26.6 Å². The first-order chi connectivity index (χ1) is 20.2. The molecule has 0 saturated heterocycles. The fourth-order valence-corrected chi connectivity index (χ4v) is 6.56. The van der Waals surface area contributed by atoms with Crippen LogP contribution in [0.4, 0.5) is 5.69 Å².